The van der Waals surface area contributed by atoms with Crippen LogP contribution in [0.15, 0.2) is 29.6 Å². The fourth-order valence-electron chi connectivity index (χ4n) is 1.53. The Morgan fingerprint density at radius 2 is 2.21 bits per heavy atom. The molecule has 1 N–H and O–H groups in total. The predicted octanol–water partition coefficient (Wildman–Crippen LogP) is 4.11. The number of hydrogen-bond donors (Lipinski definition) is 1. The summed E-state index contributed by atoms with van der Waals surface area (Å²) in [7, 11) is 0. The lowest BCUT2D eigenvalue weighted by molar-refractivity contribution is 0.835. The molecule has 0 saturated carbocycles. The smallest absolute Gasteiger partial charge is 0.0574 e. The molecule has 0 amide bonds. The van der Waals surface area contributed by atoms with E-state index in [2.05, 4.69) is 41.9 Å². The fraction of sp³-hybridized carbons (Fsp3) is 0.333. The first-order valence-electron chi connectivity index (χ1n) is 5.12. The zero-order valence-electron chi connectivity index (χ0n) is 8.42. The molecule has 2 rings (SSSR count). The van der Waals surface area contributed by atoms with Gasteiger partial charge in [-0.1, -0.05) is 25.5 Å². The maximum atomic E-state index is 3.49. The number of thiophene rings is 1. The third-order valence-corrected chi connectivity index (χ3v) is 3.29. The zero-order chi connectivity index (χ0) is 9.80. The lowest BCUT2D eigenvalue weighted by Gasteiger charge is -2.05. The highest BCUT2D eigenvalue weighted by Gasteiger charge is 1.99. The molecule has 0 spiro atoms. The molecule has 1 heterocycles. The Hall–Kier alpha value is -1.02. The van der Waals surface area contributed by atoms with Gasteiger partial charge in [-0.3, -0.25) is 0 Å². The van der Waals surface area contributed by atoms with Gasteiger partial charge in [0.1, 0.15) is 0 Å². The molecule has 0 radical (unpaired) electrons. The van der Waals surface area contributed by atoms with E-state index in [0.29, 0.717) is 0 Å². The second kappa shape index (κ2) is 4.47. The summed E-state index contributed by atoms with van der Waals surface area (Å²) in [5.74, 6) is 0. The van der Waals surface area contributed by atoms with Crippen molar-refractivity contribution in [1.29, 1.82) is 0 Å². The minimum Gasteiger partial charge on any atom is -0.384 e. The second-order valence-corrected chi connectivity index (χ2v) is 4.34. The van der Waals surface area contributed by atoms with Crippen molar-refractivity contribution >= 4 is 27.1 Å². The molecule has 0 bridgehead atoms. The monoisotopic (exact) mass is 205 g/mol. The quantitative estimate of drug-likeness (QED) is 0.740. The Morgan fingerprint density at radius 1 is 1.29 bits per heavy atom. The molecule has 74 valence electrons. The third-order valence-electron chi connectivity index (χ3n) is 2.32. The number of nitrogens with one attached hydrogen (secondary N) is 1. The van der Waals surface area contributed by atoms with Crippen LogP contribution in [-0.4, -0.2) is 6.54 Å². The lowest BCUT2D eigenvalue weighted by Crippen LogP contribution is -2.00. The van der Waals surface area contributed by atoms with Crippen LogP contribution < -0.4 is 5.32 Å². The van der Waals surface area contributed by atoms with Crippen LogP contribution >= 0.6 is 11.3 Å². The SMILES string of the molecule is CCCCNc1cccc2ccsc12. The van der Waals surface area contributed by atoms with E-state index in [-0.39, 0.29) is 0 Å². The molecule has 0 aliphatic heterocycles. The van der Waals surface area contributed by atoms with Crippen LogP contribution in [0.5, 0.6) is 0 Å². The predicted molar refractivity (Wildman–Crippen MR) is 65.2 cm³/mol. The van der Waals surface area contributed by atoms with Crippen molar-refractivity contribution < 1.29 is 0 Å². The molecule has 2 heteroatoms. The third kappa shape index (κ3) is 1.90. The number of rotatable bonds is 4. The molecular formula is C12H15NS. The summed E-state index contributed by atoms with van der Waals surface area (Å²) in [5.41, 5.74) is 1.28. The summed E-state index contributed by atoms with van der Waals surface area (Å²) in [6.07, 6.45) is 2.48. The van der Waals surface area contributed by atoms with Crippen LogP contribution in [0, 0.1) is 0 Å². The minimum atomic E-state index is 1.08. The van der Waals surface area contributed by atoms with Gasteiger partial charge in [0.2, 0.25) is 0 Å². The Bertz CT molecular complexity index is 405. The van der Waals surface area contributed by atoms with Crippen LogP contribution in [0.3, 0.4) is 0 Å². The van der Waals surface area contributed by atoms with E-state index in [1.54, 1.807) is 0 Å². The summed E-state index contributed by atoms with van der Waals surface area (Å²) >= 11 is 1.81. The van der Waals surface area contributed by atoms with Crippen molar-refractivity contribution in [3.8, 4) is 0 Å². The molecule has 0 fully saturated rings. The van der Waals surface area contributed by atoms with E-state index in [0.717, 1.165) is 6.54 Å². The van der Waals surface area contributed by atoms with Gasteiger partial charge in [0.05, 0.1) is 10.4 Å². The van der Waals surface area contributed by atoms with Gasteiger partial charge in [0.25, 0.3) is 0 Å². The first kappa shape index (κ1) is 9.53. The van der Waals surface area contributed by atoms with Gasteiger partial charge in [-0.15, -0.1) is 11.3 Å². The molecule has 2 aromatic rings. The number of fused-ring (bicyclic) bond motifs is 1. The molecule has 0 aliphatic carbocycles. The molecule has 1 aromatic carbocycles. The average molecular weight is 205 g/mol. The molecular weight excluding hydrogens is 190 g/mol. The first-order chi connectivity index (χ1) is 6.92. The van der Waals surface area contributed by atoms with Gasteiger partial charge in [0, 0.05) is 6.54 Å². The summed E-state index contributed by atoms with van der Waals surface area (Å²) in [6.45, 7) is 3.29. The van der Waals surface area contributed by atoms with Gasteiger partial charge in [-0.2, -0.15) is 0 Å². The van der Waals surface area contributed by atoms with Crippen LogP contribution in [0.25, 0.3) is 10.1 Å². The topological polar surface area (TPSA) is 12.0 Å². The maximum absolute atomic E-state index is 3.49. The molecule has 0 atom stereocenters. The Labute approximate surface area is 88.8 Å². The van der Waals surface area contributed by atoms with Crippen LogP contribution in [-0.2, 0) is 0 Å². The minimum absolute atomic E-state index is 1.08. The van der Waals surface area contributed by atoms with Gasteiger partial charge in [0.15, 0.2) is 0 Å². The Kier molecular flexibility index (Phi) is 3.04. The largest absolute Gasteiger partial charge is 0.384 e. The number of benzene rings is 1. The van der Waals surface area contributed by atoms with Crippen LogP contribution in [0.4, 0.5) is 5.69 Å². The standard InChI is InChI=1S/C12H15NS/c1-2-3-8-13-11-6-4-5-10-7-9-14-12(10)11/h4-7,9,13H,2-3,8H2,1H3. The summed E-state index contributed by atoms with van der Waals surface area (Å²) < 4.78 is 1.38. The summed E-state index contributed by atoms with van der Waals surface area (Å²) in [6, 6.07) is 8.61. The van der Waals surface area contributed by atoms with Crippen molar-refractivity contribution in [1.82, 2.24) is 0 Å². The Morgan fingerprint density at radius 3 is 3.07 bits per heavy atom. The molecule has 0 aliphatic rings. The van der Waals surface area contributed by atoms with E-state index in [4.69, 9.17) is 0 Å². The van der Waals surface area contributed by atoms with Crippen molar-refractivity contribution in [3.05, 3.63) is 29.6 Å². The van der Waals surface area contributed by atoms with E-state index < -0.39 is 0 Å². The second-order valence-electron chi connectivity index (χ2n) is 3.42. The van der Waals surface area contributed by atoms with Gasteiger partial charge in [-0.25, -0.2) is 0 Å². The Balaban J connectivity index is 2.19. The molecule has 0 unspecified atom stereocenters. The highest BCUT2D eigenvalue weighted by atomic mass is 32.1. The lowest BCUT2D eigenvalue weighted by atomic mass is 10.2. The van der Waals surface area contributed by atoms with Crippen molar-refractivity contribution in [2.75, 3.05) is 11.9 Å². The number of hydrogen-bond acceptors (Lipinski definition) is 2. The zero-order valence-corrected chi connectivity index (χ0v) is 9.23. The maximum Gasteiger partial charge on any atom is 0.0574 e. The van der Waals surface area contributed by atoms with E-state index >= 15 is 0 Å². The van der Waals surface area contributed by atoms with Crippen LogP contribution in [0.1, 0.15) is 19.8 Å². The molecule has 1 aromatic heterocycles. The highest BCUT2D eigenvalue weighted by molar-refractivity contribution is 7.17. The van der Waals surface area contributed by atoms with Gasteiger partial charge in [-0.05, 0) is 29.3 Å². The van der Waals surface area contributed by atoms with E-state index in [9.17, 15) is 0 Å². The van der Waals surface area contributed by atoms with Crippen molar-refractivity contribution in [3.63, 3.8) is 0 Å². The molecule has 0 saturated heterocycles. The molecule has 1 nitrogen and oxygen atoms in total. The normalized spacial score (nSPS) is 10.6. The number of unbranched alkanes of at least 4 members (excludes halogenated alkanes) is 1. The van der Waals surface area contributed by atoms with Crippen molar-refractivity contribution in [2.45, 2.75) is 19.8 Å². The fourth-order valence-corrected chi connectivity index (χ4v) is 2.42. The van der Waals surface area contributed by atoms with E-state index in [1.165, 1.54) is 28.6 Å². The summed E-state index contributed by atoms with van der Waals surface area (Å²) in [5, 5.41) is 6.98. The first-order valence-corrected chi connectivity index (χ1v) is 6.00. The average Bonchev–Trinajstić information content (AvgIpc) is 2.67. The number of anilines is 1. The highest BCUT2D eigenvalue weighted by Crippen LogP contribution is 2.28. The molecule has 14 heavy (non-hydrogen) atoms. The van der Waals surface area contributed by atoms with Gasteiger partial charge < -0.3 is 5.32 Å². The van der Waals surface area contributed by atoms with Crippen molar-refractivity contribution in [2.24, 2.45) is 0 Å². The summed E-state index contributed by atoms with van der Waals surface area (Å²) in [4.78, 5) is 0. The van der Waals surface area contributed by atoms with Crippen LogP contribution in [0.2, 0.25) is 0 Å². The van der Waals surface area contributed by atoms with Gasteiger partial charge >= 0.3 is 0 Å². The van der Waals surface area contributed by atoms with E-state index in [1.807, 2.05) is 11.3 Å².